The van der Waals surface area contributed by atoms with E-state index in [2.05, 4.69) is 6.92 Å². The molecular formula is C21H34N2O3. The summed E-state index contributed by atoms with van der Waals surface area (Å²) in [7, 11) is 1.77. The Labute approximate surface area is 157 Å². The summed E-state index contributed by atoms with van der Waals surface area (Å²) in [4.78, 5) is 25.1. The SMILES string of the molecule is CCCCCCCCC(CC(=O)N(C)c1ccccc1)CC(C)[N+](=O)[O-]. The average Bonchev–Trinajstić information content (AvgIpc) is 2.64. The summed E-state index contributed by atoms with van der Waals surface area (Å²) in [5.74, 6) is 0.1000. The lowest BCUT2D eigenvalue weighted by molar-refractivity contribution is -0.520. The van der Waals surface area contributed by atoms with Gasteiger partial charge < -0.3 is 4.90 Å². The zero-order valence-electron chi connectivity index (χ0n) is 16.5. The minimum Gasteiger partial charge on any atom is -0.315 e. The van der Waals surface area contributed by atoms with Gasteiger partial charge in [-0.3, -0.25) is 14.9 Å². The number of rotatable bonds is 13. The molecule has 0 radical (unpaired) electrons. The quantitative estimate of drug-likeness (QED) is 0.266. The van der Waals surface area contributed by atoms with Crippen molar-refractivity contribution in [2.75, 3.05) is 11.9 Å². The second kappa shape index (κ2) is 12.4. The molecule has 0 bridgehead atoms. The normalized spacial score (nSPS) is 13.2. The zero-order chi connectivity index (χ0) is 19.4. The van der Waals surface area contributed by atoms with Crippen LogP contribution in [0, 0.1) is 16.0 Å². The Morgan fingerprint density at radius 2 is 1.73 bits per heavy atom. The van der Waals surface area contributed by atoms with Crippen LogP contribution in [0.3, 0.4) is 0 Å². The Bertz CT molecular complexity index is 533. The molecule has 5 nitrogen and oxygen atoms in total. The average molecular weight is 363 g/mol. The van der Waals surface area contributed by atoms with Crippen LogP contribution in [0.5, 0.6) is 0 Å². The van der Waals surface area contributed by atoms with Crippen LogP contribution in [-0.4, -0.2) is 23.9 Å². The fourth-order valence-corrected chi connectivity index (χ4v) is 3.26. The topological polar surface area (TPSA) is 63.5 Å². The number of para-hydroxylation sites is 1. The molecule has 2 unspecified atom stereocenters. The maximum absolute atomic E-state index is 12.6. The summed E-state index contributed by atoms with van der Waals surface area (Å²) >= 11 is 0. The molecule has 5 heteroatoms. The van der Waals surface area contributed by atoms with Crippen molar-refractivity contribution >= 4 is 11.6 Å². The van der Waals surface area contributed by atoms with E-state index in [1.807, 2.05) is 30.3 Å². The van der Waals surface area contributed by atoms with Gasteiger partial charge in [0.05, 0.1) is 0 Å². The van der Waals surface area contributed by atoms with Crippen molar-refractivity contribution in [2.45, 2.75) is 77.7 Å². The van der Waals surface area contributed by atoms with Crippen molar-refractivity contribution in [1.82, 2.24) is 0 Å². The minimum atomic E-state index is -0.602. The van der Waals surface area contributed by atoms with Crippen LogP contribution >= 0.6 is 0 Å². The molecule has 26 heavy (non-hydrogen) atoms. The minimum absolute atomic E-state index is 0.0303. The molecule has 0 aliphatic carbocycles. The van der Waals surface area contributed by atoms with Crippen molar-refractivity contribution in [1.29, 1.82) is 0 Å². The number of carbonyl (C=O) groups excluding carboxylic acids is 1. The van der Waals surface area contributed by atoms with E-state index < -0.39 is 6.04 Å². The van der Waals surface area contributed by atoms with E-state index in [0.29, 0.717) is 12.8 Å². The molecule has 0 aliphatic heterocycles. The number of hydrogen-bond acceptors (Lipinski definition) is 3. The molecule has 146 valence electrons. The summed E-state index contributed by atoms with van der Waals surface area (Å²) in [6.45, 7) is 3.84. The first-order chi connectivity index (χ1) is 12.5. The Morgan fingerprint density at radius 1 is 1.12 bits per heavy atom. The first kappa shape index (κ1) is 22.1. The summed E-state index contributed by atoms with van der Waals surface area (Å²) in [6, 6.07) is 8.93. The monoisotopic (exact) mass is 362 g/mol. The molecule has 0 saturated heterocycles. The molecule has 0 fully saturated rings. The van der Waals surface area contributed by atoms with Crippen LogP contribution in [0.15, 0.2) is 30.3 Å². The van der Waals surface area contributed by atoms with Gasteiger partial charge in [0.25, 0.3) is 0 Å². The van der Waals surface area contributed by atoms with Gasteiger partial charge in [0, 0.05) is 37.4 Å². The number of amides is 1. The first-order valence-corrected chi connectivity index (χ1v) is 9.90. The molecular weight excluding hydrogens is 328 g/mol. The molecule has 1 aromatic rings. The number of anilines is 1. The third-order valence-corrected chi connectivity index (χ3v) is 4.98. The maximum atomic E-state index is 12.6. The molecule has 0 saturated carbocycles. The number of nitro groups is 1. The Kier molecular flexibility index (Phi) is 10.6. The van der Waals surface area contributed by atoms with Crippen LogP contribution in [-0.2, 0) is 4.79 Å². The van der Waals surface area contributed by atoms with E-state index in [9.17, 15) is 14.9 Å². The standard InChI is InChI=1S/C21H34N2O3/c1-4-5-6-7-8-10-13-19(16-18(2)23(25)26)17-21(24)22(3)20-14-11-9-12-15-20/h9,11-12,14-15,18-19H,4-8,10,13,16-17H2,1-3H3. The largest absolute Gasteiger partial charge is 0.315 e. The lowest BCUT2D eigenvalue weighted by atomic mass is 9.90. The van der Waals surface area contributed by atoms with Gasteiger partial charge in [0.15, 0.2) is 0 Å². The Balaban J connectivity index is 2.56. The van der Waals surface area contributed by atoms with Gasteiger partial charge in [-0.2, -0.15) is 0 Å². The van der Waals surface area contributed by atoms with Gasteiger partial charge in [-0.15, -0.1) is 0 Å². The molecule has 1 aromatic carbocycles. The van der Waals surface area contributed by atoms with Crippen LogP contribution in [0.25, 0.3) is 0 Å². The molecule has 2 atom stereocenters. The summed E-state index contributed by atoms with van der Waals surface area (Å²) in [5, 5.41) is 11.0. The molecule has 1 amide bonds. The van der Waals surface area contributed by atoms with E-state index in [1.54, 1.807) is 18.9 Å². The molecule has 0 heterocycles. The second-order valence-electron chi connectivity index (χ2n) is 7.28. The second-order valence-corrected chi connectivity index (χ2v) is 7.28. The third kappa shape index (κ3) is 8.45. The van der Waals surface area contributed by atoms with Crippen molar-refractivity contribution in [3.63, 3.8) is 0 Å². The van der Waals surface area contributed by atoms with Gasteiger partial charge in [-0.1, -0.05) is 63.6 Å². The summed E-state index contributed by atoms with van der Waals surface area (Å²) in [5.41, 5.74) is 0.859. The van der Waals surface area contributed by atoms with E-state index >= 15 is 0 Å². The first-order valence-electron chi connectivity index (χ1n) is 9.90. The van der Waals surface area contributed by atoms with Crippen molar-refractivity contribution in [3.8, 4) is 0 Å². The predicted octanol–water partition coefficient (Wildman–Crippen LogP) is 5.46. The molecule has 0 aromatic heterocycles. The van der Waals surface area contributed by atoms with Gasteiger partial charge in [0.2, 0.25) is 11.9 Å². The highest BCUT2D eigenvalue weighted by Crippen LogP contribution is 2.23. The number of unbranched alkanes of at least 4 members (excludes halogenated alkanes) is 5. The number of nitrogens with zero attached hydrogens (tertiary/aromatic N) is 2. The predicted molar refractivity (Wildman–Crippen MR) is 107 cm³/mol. The highest BCUT2D eigenvalue weighted by atomic mass is 16.6. The van der Waals surface area contributed by atoms with Gasteiger partial charge in [0.1, 0.15) is 0 Å². The highest BCUT2D eigenvalue weighted by molar-refractivity contribution is 5.92. The van der Waals surface area contributed by atoms with E-state index in [4.69, 9.17) is 0 Å². The van der Waals surface area contributed by atoms with Gasteiger partial charge in [-0.05, 0) is 24.5 Å². The highest BCUT2D eigenvalue weighted by Gasteiger charge is 2.24. The summed E-state index contributed by atoms with van der Waals surface area (Å²) in [6.07, 6.45) is 8.87. The van der Waals surface area contributed by atoms with E-state index in [0.717, 1.165) is 24.9 Å². The maximum Gasteiger partial charge on any atom is 0.226 e. The van der Waals surface area contributed by atoms with Crippen molar-refractivity contribution < 1.29 is 9.72 Å². The number of benzene rings is 1. The Morgan fingerprint density at radius 3 is 2.35 bits per heavy atom. The van der Waals surface area contributed by atoms with Gasteiger partial charge >= 0.3 is 0 Å². The van der Waals surface area contributed by atoms with Gasteiger partial charge in [-0.25, -0.2) is 0 Å². The number of carbonyl (C=O) groups is 1. The molecule has 0 aliphatic rings. The number of hydrogen-bond donors (Lipinski definition) is 0. The third-order valence-electron chi connectivity index (χ3n) is 4.98. The lowest BCUT2D eigenvalue weighted by Crippen LogP contribution is -2.30. The Hall–Kier alpha value is -1.91. The van der Waals surface area contributed by atoms with Crippen LogP contribution < -0.4 is 4.90 Å². The fourth-order valence-electron chi connectivity index (χ4n) is 3.26. The van der Waals surface area contributed by atoms with E-state index in [1.165, 1.54) is 25.7 Å². The summed E-state index contributed by atoms with van der Waals surface area (Å²) < 4.78 is 0. The lowest BCUT2D eigenvalue weighted by Gasteiger charge is -2.22. The zero-order valence-corrected chi connectivity index (χ0v) is 16.5. The molecule has 1 rings (SSSR count). The molecule has 0 spiro atoms. The van der Waals surface area contributed by atoms with Crippen LogP contribution in [0.1, 0.15) is 71.6 Å². The smallest absolute Gasteiger partial charge is 0.226 e. The van der Waals surface area contributed by atoms with Crippen LogP contribution in [0.4, 0.5) is 5.69 Å². The fraction of sp³-hybridized carbons (Fsp3) is 0.667. The molecule has 0 N–H and O–H groups in total. The van der Waals surface area contributed by atoms with E-state index in [-0.39, 0.29) is 16.7 Å². The van der Waals surface area contributed by atoms with Crippen LogP contribution in [0.2, 0.25) is 0 Å². The van der Waals surface area contributed by atoms with Crippen molar-refractivity contribution in [2.24, 2.45) is 5.92 Å². The van der Waals surface area contributed by atoms with Crippen molar-refractivity contribution in [3.05, 3.63) is 40.4 Å².